The van der Waals surface area contributed by atoms with Gasteiger partial charge in [-0.3, -0.25) is 4.79 Å². The Morgan fingerprint density at radius 3 is 2.91 bits per heavy atom. The Labute approximate surface area is 129 Å². The highest BCUT2D eigenvalue weighted by molar-refractivity contribution is 7.88. The zero-order valence-corrected chi connectivity index (χ0v) is 13.2. The fourth-order valence-corrected chi connectivity index (χ4v) is 3.98. The van der Waals surface area contributed by atoms with Gasteiger partial charge in [0.25, 0.3) is 0 Å². The van der Waals surface area contributed by atoms with E-state index in [1.807, 2.05) is 0 Å². The minimum Gasteiger partial charge on any atom is -0.467 e. The Balaban J connectivity index is 1.44. The number of rotatable bonds is 5. The highest BCUT2D eigenvalue weighted by Crippen LogP contribution is 2.35. The standard InChI is InChI=1S/C14H20N2O5S/c1-22(18,19)16-8-10-5-12(21-13(10)9-16)6-14(17)15-7-11-3-2-4-20-11/h2-4,10,12-13H,5-9H2,1H3,(H,15,17)/t10-,12-,13+/m0/s1. The molecule has 122 valence electrons. The monoisotopic (exact) mass is 328 g/mol. The molecule has 7 nitrogen and oxygen atoms in total. The molecule has 1 N–H and O–H groups in total. The van der Waals surface area contributed by atoms with Gasteiger partial charge in [0.1, 0.15) is 5.76 Å². The molecule has 2 aliphatic heterocycles. The molecule has 0 aliphatic carbocycles. The summed E-state index contributed by atoms with van der Waals surface area (Å²) in [6.45, 7) is 1.26. The first-order valence-corrected chi connectivity index (χ1v) is 9.16. The van der Waals surface area contributed by atoms with Gasteiger partial charge in [0, 0.05) is 19.0 Å². The summed E-state index contributed by atoms with van der Waals surface area (Å²) in [7, 11) is -3.16. The molecule has 3 rings (SSSR count). The van der Waals surface area contributed by atoms with Crippen molar-refractivity contribution in [1.29, 1.82) is 0 Å². The summed E-state index contributed by atoms with van der Waals surface area (Å²) in [6, 6.07) is 3.58. The van der Waals surface area contributed by atoms with E-state index in [9.17, 15) is 13.2 Å². The molecule has 0 bridgehead atoms. The number of hydrogen-bond donors (Lipinski definition) is 1. The molecule has 2 saturated heterocycles. The second-order valence-electron chi connectivity index (χ2n) is 5.93. The zero-order chi connectivity index (χ0) is 15.7. The number of hydrogen-bond acceptors (Lipinski definition) is 5. The summed E-state index contributed by atoms with van der Waals surface area (Å²) < 4.78 is 35.5. The van der Waals surface area contributed by atoms with Crippen LogP contribution in [-0.4, -0.2) is 50.2 Å². The summed E-state index contributed by atoms with van der Waals surface area (Å²) in [5, 5.41) is 2.79. The van der Waals surface area contributed by atoms with E-state index >= 15 is 0 Å². The number of nitrogens with zero attached hydrogens (tertiary/aromatic N) is 1. The Kier molecular flexibility index (Phi) is 4.24. The predicted molar refractivity (Wildman–Crippen MR) is 78.4 cm³/mol. The molecule has 0 unspecified atom stereocenters. The number of sulfonamides is 1. The molecule has 2 aliphatic rings. The number of nitrogens with one attached hydrogen (secondary N) is 1. The van der Waals surface area contributed by atoms with Gasteiger partial charge in [0.15, 0.2) is 0 Å². The zero-order valence-electron chi connectivity index (χ0n) is 12.4. The van der Waals surface area contributed by atoms with Gasteiger partial charge in [-0.15, -0.1) is 0 Å². The first-order chi connectivity index (χ1) is 10.4. The molecule has 0 spiro atoms. The van der Waals surface area contributed by atoms with Crippen molar-refractivity contribution in [2.24, 2.45) is 5.92 Å². The van der Waals surface area contributed by atoms with Gasteiger partial charge in [-0.05, 0) is 18.6 Å². The predicted octanol–water partition coefficient (Wildman–Crippen LogP) is 0.335. The van der Waals surface area contributed by atoms with Crippen LogP contribution in [0.5, 0.6) is 0 Å². The third kappa shape index (κ3) is 3.50. The van der Waals surface area contributed by atoms with E-state index in [0.29, 0.717) is 31.8 Å². The summed E-state index contributed by atoms with van der Waals surface area (Å²) >= 11 is 0. The SMILES string of the molecule is CS(=O)(=O)N1C[C@@H]2C[C@@H](CC(=O)NCc3ccco3)O[C@@H]2C1. The normalized spacial score (nSPS) is 28.7. The first-order valence-electron chi connectivity index (χ1n) is 7.31. The van der Waals surface area contributed by atoms with Gasteiger partial charge in [0.05, 0.1) is 37.7 Å². The van der Waals surface area contributed by atoms with Crippen LogP contribution in [0.3, 0.4) is 0 Å². The van der Waals surface area contributed by atoms with E-state index in [1.165, 1.54) is 10.6 Å². The van der Waals surface area contributed by atoms with E-state index in [4.69, 9.17) is 9.15 Å². The van der Waals surface area contributed by atoms with Crippen molar-refractivity contribution >= 4 is 15.9 Å². The molecule has 1 aromatic rings. The average Bonchev–Trinajstić information content (AvgIpc) is 3.10. The van der Waals surface area contributed by atoms with E-state index in [0.717, 1.165) is 6.42 Å². The number of fused-ring (bicyclic) bond motifs is 1. The Morgan fingerprint density at radius 1 is 1.45 bits per heavy atom. The third-order valence-electron chi connectivity index (χ3n) is 4.20. The van der Waals surface area contributed by atoms with Crippen molar-refractivity contribution < 1.29 is 22.4 Å². The second-order valence-corrected chi connectivity index (χ2v) is 7.91. The second kappa shape index (κ2) is 6.02. The number of ether oxygens (including phenoxy) is 1. The number of furan rings is 1. The molecule has 3 atom stereocenters. The smallest absolute Gasteiger partial charge is 0.222 e. The Bertz CT molecular complexity index is 614. The van der Waals surface area contributed by atoms with Crippen LogP contribution >= 0.6 is 0 Å². The molecule has 3 heterocycles. The van der Waals surface area contributed by atoms with Crippen molar-refractivity contribution in [3.05, 3.63) is 24.2 Å². The lowest BCUT2D eigenvalue weighted by Crippen LogP contribution is -2.32. The van der Waals surface area contributed by atoms with Gasteiger partial charge in [-0.25, -0.2) is 8.42 Å². The van der Waals surface area contributed by atoms with Crippen LogP contribution < -0.4 is 5.32 Å². The molecule has 0 saturated carbocycles. The van der Waals surface area contributed by atoms with Crippen LogP contribution in [0.15, 0.2) is 22.8 Å². The lowest BCUT2D eigenvalue weighted by molar-refractivity contribution is -0.124. The molecular weight excluding hydrogens is 308 g/mol. The van der Waals surface area contributed by atoms with Crippen LogP contribution in [0.1, 0.15) is 18.6 Å². The molecule has 22 heavy (non-hydrogen) atoms. The molecule has 1 amide bonds. The van der Waals surface area contributed by atoms with Crippen molar-refractivity contribution in [3.63, 3.8) is 0 Å². The quantitative estimate of drug-likeness (QED) is 0.842. The van der Waals surface area contributed by atoms with E-state index in [-0.39, 0.29) is 24.0 Å². The van der Waals surface area contributed by atoms with Crippen molar-refractivity contribution in [2.45, 2.75) is 31.6 Å². The number of carbonyl (C=O) groups is 1. The van der Waals surface area contributed by atoms with Gasteiger partial charge in [-0.1, -0.05) is 0 Å². The van der Waals surface area contributed by atoms with Crippen LogP contribution in [-0.2, 0) is 26.1 Å². The highest BCUT2D eigenvalue weighted by Gasteiger charge is 2.44. The van der Waals surface area contributed by atoms with Crippen LogP contribution in [0.25, 0.3) is 0 Å². The maximum Gasteiger partial charge on any atom is 0.222 e. The summed E-state index contributed by atoms with van der Waals surface area (Å²) in [5.41, 5.74) is 0. The van der Waals surface area contributed by atoms with Crippen LogP contribution in [0.2, 0.25) is 0 Å². The lowest BCUT2D eigenvalue weighted by atomic mass is 10.0. The Morgan fingerprint density at radius 2 is 2.27 bits per heavy atom. The molecular formula is C14H20N2O5S. The molecule has 0 aromatic carbocycles. The summed E-state index contributed by atoms with van der Waals surface area (Å²) in [5.74, 6) is 0.820. The Hall–Kier alpha value is -1.38. The van der Waals surface area contributed by atoms with Gasteiger partial charge in [0.2, 0.25) is 15.9 Å². The van der Waals surface area contributed by atoms with Gasteiger partial charge in [-0.2, -0.15) is 4.31 Å². The maximum absolute atomic E-state index is 11.9. The minimum absolute atomic E-state index is 0.0821. The minimum atomic E-state index is -3.16. The topological polar surface area (TPSA) is 88.9 Å². The fraction of sp³-hybridized carbons (Fsp3) is 0.643. The van der Waals surface area contributed by atoms with Gasteiger partial charge < -0.3 is 14.5 Å². The van der Waals surface area contributed by atoms with Gasteiger partial charge >= 0.3 is 0 Å². The van der Waals surface area contributed by atoms with Crippen molar-refractivity contribution in [3.8, 4) is 0 Å². The lowest BCUT2D eigenvalue weighted by Gasteiger charge is -2.17. The largest absolute Gasteiger partial charge is 0.467 e. The number of carbonyl (C=O) groups excluding carboxylic acids is 1. The van der Waals surface area contributed by atoms with Crippen molar-refractivity contribution in [2.75, 3.05) is 19.3 Å². The molecule has 0 radical (unpaired) electrons. The average molecular weight is 328 g/mol. The first kappa shape index (κ1) is 15.5. The van der Waals surface area contributed by atoms with E-state index < -0.39 is 10.0 Å². The van der Waals surface area contributed by atoms with E-state index in [1.54, 1.807) is 18.4 Å². The molecule has 8 heteroatoms. The molecule has 2 fully saturated rings. The third-order valence-corrected chi connectivity index (χ3v) is 5.44. The van der Waals surface area contributed by atoms with Crippen LogP contribution in [0, 0.1) is 5.92 Å². The van der Waals surface area contributed by atoms with Crippen molar-refractivity contribution in [1.82, 2.24) is 9.62 Å². The highest BCUT2D eigenvalue weighted by atomic mass is 32.2. The summed E-state index contributed by atoms with van der Waals surface area (Å²) in [6.07, 6.45) is 3.59. The maximum atomic E-state index is 11.9. The fourth-order valence-electron chi connectivity index (χ4n) is 3.10. The van der Waals surface area contributed by atoms with Crippen LogP contribution in [0.4, 0.5) is 0 Å². The van der Waals surface area contributed by atoms with E-state index in [2.05, 4.69) is 5.32 Å². The molecule has 1 aromatic heterocycles. The summed E-state index contributed by atoms with van der Waals surface area (Å²) in [4.78, 5) is 11.9. The number of amides is 1.